The lowest BCUT2D eigenvalue weighted by Crippen LogP contribution is -2.32. The monoisotopic (exact) mass is 267 g/mol. The molecule has 1 aromatic rings. The van der Waals surface area contributed by atoms with Gasteiger partial charge in [-0.3, -0.25) is 4.79 Å². The molecule has 0 aliphatic heterocycles. The minimum atomic E-state index is 0.0324. The molecule has 0 fully saturated rings. The zero-order valence-corrected chi connectivity index (χ0v) is 11.8. The van der Waals surface area contributed by atoms with Crippen molar-refractivity contribution in [2.45, 2.75) is 39.0 Å². The molecule has 1 amide bonds. The fourth-order valence-corrected chi connectivity index (χ4v) is 3.67. The SMILES string of the molecule is CCN(CCO)C(=O)c1cc2c(s1)CCCCC2. The molecule has 2 rings (SSSR count). The van der Waals surface area contributed by atoms with Crippen LogP contribution in [0.15, 0.2) is 6.07 Å². The fraction of sp³-hybridized carbons (Fsp3) is 0.643. The number of thiophene rings is 1. The summed E-state index contributed by atoms with van der Waals surface area (Å²) in [7, 11) is 0. The number of nitrogens with zero attached hydrogens (tertiary/aromatic N) is 1. The van der Waals surface area contributed by atoms with Gasteiger partial charge < -0.3 is 10.0 Å². The molecule has 3 nitrogen and oxygen atoms in total. The second-order valence-electron chi connectivity index (χ2n) is 4.73. The fourth-order valence-electron chi connectivity index (χ4n) is 2.45. The highest BCUT2D eigenvalue weighted by Crippen LogP contribution is 2.29. The highest BCUT2D eigenvalue weighted by molar-refractivity contribution is 7.14. The average Bonchev–Trinajstić information content (AvgIpc) is 2.66. The van der Waals surface area contributed by atoms with Crippen LogP contribution in [0.4, 0.5) is 0 Å². The van der Waals surface area contributed by atoms with E-state index in [1.54, 1.807) is 16.2 Å². The van der Waals surface area contributed by atoms with Crippen LogP contribution in [0.5, 0.6) is 0 Å². The minimum absolute atomic E-state index is 0.0324. The van der Waals surface area contributed by atoms with Gasteiger partial charge >= 0.3 is 0 Å². The summed E-state index contributed by atoms with van der Waals surface area (Å²) in [5, 5.41) is 8.97. The number of hydrogen-bond acceptors (Lipinski definition) is 3. The predicted octanol–water partition coefficient (Wildman–Crippen LogP) is 2.47. The third-order valence-corrected chi connectivity index (χ3v) is 4.72. The number of hydrogen-bond donors (Lipinski definition) is 1. The lowest BCUT2D eigenvalue weighted by molar-refractivity contribution is 0.0737. The van der Waals surface area contributed by atoms with Gasteiger partial charge in [-0.2, -0.15) is 0 Å². The zero-order chi connectivity index (χ0) is 13.0. The molecule has 0 radical (unpaired) electrons. The lowest BCUT2D eigenvalue weighted by Gasteiger charge is -2.18. The van der Waals surface area contributed by atoms with Crippen molar-refractivity contribution in [3.05, 3.63) is 21.4 Å². The summed E-state index contributed by atoms with van der Waals surface area (Å²) in [4.78, 5) is 16.3. The van der Waals surface area contributed by atoms with Gasteiger partial charge in [-0.25, -0.2) is 0 Å². The number of aliphatic hydroxyl groups excluding tert-OH is 1. The van der Waals surface area contributed by atoms with Crippen molar-refractivity contribution in [2.24, 2.45) is 0 Å². The van der Waals surface area contributed by atoms with Gasteiger partial charge in [0.2, 0.25) is 0 Å². The quantitative estimate of drug-likeness (QED) is 0.851. The molecule has 0 bridgehead atoms. The van der Waals surface area contributed by atoms with Gasteiger partial charge in [0.1, 0.15) is 0 Å². The molecule has 1 N–H and O–H groups in total. The summed E-state index contributed by atoms with van der Waals surface area (Å²) < 4.78 is 0. The van der Waals surface area contributed by atoms with Gasteiger partial charge in [0.15, 0.2) is 0 Å². The number of carbonyl (C=O) groups excluding carboxylic acids is 1. The van der Waals surface area contributed by atoms with Gasteiger partial charge in [-0.05, 0) is 44.2 Å². The zero-order valence-electron chi connectivity index (χ0n) is 10.9. The van der Waals surface area contributed by atoms with Crippen molar-refractivity contribution >= 4 is 17.2 Å². The van der Waals surface area contributed by atoms with Crippen LogP contribution >= 0.6 is 11.3 Å². The van der Waals surface area contributed by atoms with E-state index < -0.39 is 0 Å². The molecule has 1 heterocycles. The van der Waals surface area contributed by atoms with E-state index in [-0.39, 0.29) is 12.5 Å². The first-order valence-electron chi connectivity index (χ1n) is 6.78. The molecular weight excluding hydrogens is 246 g/mol. The smallest absolute Gasteiger partial charge is 0.264 e. The predicted molar refractivity (Wildman–Crippen MR) is 74.2 cm³/mol. The number of fused-ring (bicyclic) bond motifs is 1. The van der Waals surface area contributed by atoms with Gasteiger partial charge in [-0.1, -0.05) is 6.42 Å². The largest absolute Gasteiger partial charge is 0.395 e. The van der Waals surface area contributed by atoms with Gasteiger partial charge in [0, 0.05) is 18.0 Å². The van der Waals surface area contributed by atoms with Crippen molar-refractivity contribution in [3.8, 4) is 0 Å². The van der Waals surface area contributed by atoms with Crippen LogP contribution in [-0.4, -0.2) is 35.6 Å². The van der Waals surface area contributed by atoms with Gasteiger partial charge in [0.05, 0.1) is 11.5 Å². The Labute approximate surface area is 112 Å². The van der Waals surface area contributed by atoms with E-state index in [1.165, 1.54) is 29.7 Å². The van der Waals surface area contributed by atoms with Crippen LogP contribution < -0.4 is 0 Å². The summed E-state index contributed by atoms with van der Waals surface area (Å²) >= 11 is 1.65. The maximum Gasteiger partial charge on any atom is 0.264 e. The maximum atomic E-state index is 12.3. The highest BCUT2D eigenvalue weighted by atomic mass is 32.1. The third-order valence-electron chi connectivity index (χ3n) is 3.50. The van der Waals surface area contributed by atoms with E-state index in [0.29, 0.717) is 13.1 Å². The van der Waals surface area contributed by atoms with E-state index in [4.69, 9.17) is 5.11 Å². The lowest BCUT2D eigenvalue weighted by atomic mass is 10.1. The van der Waals surface area contributed by atoms with Crippen LogP contribution in [0.2, 0.25) is 0 Å². The molecule has 1 aliphatic carbocycles. The average molecular weight is 267 g/mol. The molecule has 0 saturated heterocycles. The first-order chi connectivity index (χ1) is 8.76. The highest BCUT2D eigenvalue weighted by Gasteiger charge is 2.19. The Morgan fingerprint density at radius 1 is 1.39 bits per heavy atom. The van der Waals surface area contributed by atoms with Crippen LogP contribution in [-0.2, 0) is 12.8 Å². The Bertz CT molecular complexity index is 390. The molecule has 0 aromatic carbocycles. The summed E-state index contributed by atoms with van der Waals surface area (Å²) in [6, 6.07) is 2.08. The van der Waals surface area contributed by atoms with E-state index in [9.17, 15) is 4.79 Å². The molecular formula is C14H21NO2S. The van der Waals surface area contributed by atoms with Crippen molar-refractivity contribution in [1.29, 1.82) is 0 Å². The number of aryl methyl sites for hydroxylation is 2. The van der Waals surface area contributed by atoms with E-state index in [0.717, 1.165) is 17.7 Å². The van der Waals surface area contributed by atoms with Crippen molar-refractivity contribution in [3.63, 3.8) is 0 Å². The Kier molecular flexibility index (Phi) is 4.78. The first kappa shape index (κ1) is 13.6. The summed E-state index contributed by atoms with van der Waals surface area (Å²) in [5.74, 6) is 0.0737. The molecule has 1 aromatic heterocycles. The topological polar surface area (TPSA) is 40.5 Å². The Balaban J connectivity index is 2.15. The van der Waals surface area contributed by atoms with Crippen LogP contribution in [0.1, 0.15) is 46.3 Å². The normalized spacial score (nSPS) is 15.0. The third kappa shape index (κ3) is 2.93. The van der Waals surface area contributed by atoms with E-state index in [2.05, 4.69) is 6.07 Å². The molecule has 0 unspecified atom stereocenters. The summed E-state index contributed by atoms with van der Waals surface area (Å²) in [6.07, 6.45) is 6.03. The molecule has 0 spiro atoms. The minimum Gasteiger partial charge on any atom is -0.395 e. The maximum absolute atomic E-state index is 12.3. The first-order valence-corrected chi connectivity index (χ1v) is 7.59. The van der Waals surface area contributed by atoms with Crippen molar-refractivity contribution in [2.75, 3.05) is 19.7 Å². The number of likely N-dealkylation sites (N-methyl/N-ethyl adjacent to an activating group) is 1. The molecule has 1 aliphatic rings. The summed E-state index contributed by atoms with van der Waals surface area (Å²) in [5.41, 5.74) is 1.38. The van der Waals surface area contributed by atoms with Crippen LogP contribution in [0.25, 0.3) is 0 Å². The van der Waals surface area contributed by atoms with Crippen molar-refractivity contribution < 1.29 is 9.90 Å². The Morgan fingerprint density at radius 2 is 2.17 bits per heavy atom. The number of carbonyl (C=O) groups is 1. The van der Waals surface area contributed by atoms with Gasteiger partial charge in [-0.15, -0.1) is 11.3 Å². The molecule has 100 valence electrons. The number of aliphatic hydroxyl groups is 1. The Hall–Kier alpha value is -0.870. The Morgan fingerprint density at radius 3 is 2.89 bits per heavy atom. The molecule has 0 atom stereocenters. The van der Waals surface area contributed by atoms with E-state index in [1.807, 2.05) is 6.92 Å². The van der Waals surface area contributed by atoms with Gasteiger partial charge in [0.25, 0.3) is 5.91 Å². The van der Waals surface area contributed by atoms with E-state index >= 15 is 0 Å². The standard InChI is InChI=1S/C14H21NO2S/c1-2-15(8-9-16)14(17)13-10-11-6-4-3-5-7-12(11)18-13/h10,16H,2-9H2,1H3. The second kappa shape index (κ2) is 6.34. The molecule has 18 heavy (non-hydrogen) atoms. The second-order valence-corrected chi connectivity index (χ2v) is 5.86. The molecule has 0 saturated carbocycles. The summed E-state index contributed by atoms with van der Waals surface area (Å²) in [6.45, 7) is 3.07. The number of amides is 1. The number of rotatable bonds is 4. The van der Waals surface area contributed by atoms with Crippen LogP contribution in [0, 0.1) is 0 Å². The van der Waals surface area contributed by atoms with Crippen LogP contribution in [0.3, 0.4) is 0 Å². The molecule has 4 heteroatoms. The van der Waals surface area contributed by atoms with Crippen molar-refractivity contribution in [1.82, 2.24) is 4.90 Å².